The molecular formula is C20H22N2O3. The fourth-order valence-electron chi connectivity index (χ4n) is 2.36. The number of ether oxygens (including phenoxy) is 2. The number of aromatic nitrogens is 2. The Morgan fingerprint density at radius 3 is 2.40 bits per heavy atom. The number of hydrogen-bond donors (Lipinski definition) is 0. The molecular weight excluding hydrogens is 316 g/mol. The maximum atomic E-state index is 5.80. The fraction of sp³-hybridized carbons (Fsp3) is 0.300. The van der Waals surface area contributed by atoms with Gasteiger partial charge in [-0.25, -0.2) is 0 Å². The summed E-state index contributed by atoms with van der Waals surface area (Å²) in [6, 6.07) is 15.5. The van der Waals surface area contributed by atoms with E-state index in [1.54, 1.807) is 7.11 Å². The Balaban J connectivity index is 1.67. The lowest BCUT2D eigenvalue weighted by molar-refractivity contribution is 0.264. The van der Waals surface area contributed by atoms with E-state index >= 15 is 0 Å². The molecule has 1 aromatic heterocycles. The van der Waals surface area contributed by atoms with Gasteiger partial charge in [-0.2, -0.15) is 0 Å². The van der Waals surface area contributed by atoms with Crippen LogP contribution in [0, 0.1) is 0 Å². The van der Waals surface area contributed by atoms with Gasteiger partial charge in [0, 0.05) is 5.56 Å². The largest absolute Gasteiger partial charge is 0.497 e. The highest BCUT2D eigenvalue weighted by molar-refractivity contribution is 5.53. The van der Waals surface area contributed by atoms with Crippen LogP contribution in [0.25, 0.3) is 11.5 Å². The Morgan fingerprint density at radius 1 is 0.960 bits per heavy atom. The zero-order valence-electron chi connectivity index (χ0n) is 14.9. The Labute approximate surface area is 147 Å². The maximum Gasteiger partial charge on any atom is 0.254 e. The lowest BCUT2D eigenvalue weighted by Crippen LogP contribution is -2.11. The topological polar surface area (TPSA) is 57.4 Å². The normalized spacial score (nSPS) is 11.4. The van der Waals surface area contributed by atoms with Crippen molar-refractivity contribution in [3.63, 3.8) is 0 Å². The summed E-state index contributed by atoms with van der Waals surface area (Å²) in [6.45, 7) is 6.75. The third kappa shape index (κ3) is 4.18. The molecule has 0 aliphatic rings. The van der Waals surface area contributed by atoms with Gasteiger partial charge in [0.25, 0.3) is 5.89 Å². The molecule has 0 spiro atoms. The van der Waals surface area contributed by atoms with Crippen molar-refractivity contribution in [2.45, 2.75) is 32.8 Å². The summed E-state index contributed by atoms with van der Waals surface area (Å²) in [4.78, 5) is 0. The minimum atomic E-state index is 0.0748. The van der Waals surface area contributed by atoms with E-state index in [2.05, 4.69) is 37.0 Å². The second kappa shape index (κ2) is 6.97. The quantitative estimate of drug-likeness (QED) is 0.679. The zero-order chi connectivity index (χ0) is 17.9. The Bertz CT molecular complexity index is 833. The number of nitrogens with zero attached hydrogens (tertiary/aromatic N) is 2. The van der Waals surface area contributed by atoms with Gasteiger partial charge in [0.05, 0.1) is 7.11 Å². The van der Waals surface area contributed by atoms with E-state index in [-0.39, 0.29) is 12.0 Å². The number of methoxy groups -OCH3 is 1. The van der Waals surface area contributed by atoms with Crippen molar-refractivity contribution in [1.82, 2.24) is 10.2 Å². The standard InChI is InChI=1S/C20H22N2O3/c1-20(2,3)15-6-5-7-17(12-15)24-13-18-21-22-19(25-18)14-8-10-16(23-4)11-9-14/h5-12H,13H2,1-4H3. The van der Waals surface area contributed by atoms with Gasteiger partial charge in [-0.3, -0.25) is 0 Å². The molecule has 0 fully saturated rings. The Morgan fingerprint density at radius 2 is 1.72 bits per heavy atom. The first-order chi connectivity index (χ1) is 12.0. The van der Waals surface area contributed by atoms with Crippen LogP contribution in [0.4, 0.5) is 0 Å². The van der Waals surface area contributed by atoms with Crippen molar-refractivity contribution < 1.29 is 13.9 Å². The molecule has 25 heavy (non-hydrogen) atoms. The number of hydrogen-bond acceptors (Lipinski definition) is 5. The van der Waals surface area contributed by atoms with E-state index in [4.69, 9.17) is 13.9 Å². The first kappa shape index (κ1) is 17.0. The highest BCUT2D eigenvalue weighted by Gasteiger charge is 2.14. The van der Waals surface area contributed by atoms with Gasteiger partial charge in [0.1, 0.15) is 11.5 Å². The third-order valence-electron chi connectivity index (χ3n) is 3.87. The van der Waals surface area contributed by atoms with Crippen molar-refractivity contribution in [2.75, 3.05) is 7.11 Å². The second-order valence-electron chi connectivity index (χ2n) is 6.80. The summed E-state index contributed by atoms with van der Waals surface area (Å²) < 4.78 is 16.6. The fourth-order valence-corrected chi connectivity index (χ4v) is 2.36. The summed E-state index contributed by atoms with van der Waals surface area (Å²) in [5.74, 6) is 2.47. The average Bonchev–Trinajstić information content (AvgIpc) is 3.08. The van der Waals surface area contributed by atoms with Gasteiger partial charge in [0.15, 0.2) is 6.61 Å². The monoisotopic (exact) mass is 338 g/mol. The first-order valence-corrected chi connectivity index (χ1v) is 8.16. The molecule has 0 unspecified atom stereocenters. The van der Waals surface area contributed by atoms with Crippen LogP contribution >= 0.6 is 0 Å². The summed E-state index contributed by atoms with van der Waals surface area (Å²) in [5, 5.41) is 8.12. The second-order valence-corrected chi connectivity index (χ2v) is 6.80. The van der Waals surface area contributed by atoms with E-state index in [0.717, 1.165) is 17.1 Å². The van der Waals surface area contributed by atoms with Gasteiger partial charge in [-0.05, 0) is 47.4 Å². The van der Waals surface area contributed by atoms with Gasteiger partial charge < -0.3 is 13.9 Å². The third-order valence-corrected chi connectivity index (χ3v) is 3.87. The number of benzene rings is 2. The van der Waals surface area contributed by atoms with Gasteiger partial charge >= 0.3 is 0 Å². The van der Waals surface area contributed by atoms with Crippen molar-refractivity contribution >= 4 is 0 Å². The molecule has 0 saturated heterocycles. The SMILES string of the molecule is COc1ccc(-c2nnc(COc3cccc(C(C)(C)C)c3)o2)cc1. The van der Waals surface area contributed by atoms with Crippen LogP contribution in [0.15, 0.2) is 52.9 Å². The van der Waals surface area contributed by atoms with Crippen molar-refractivity contribution in [2.24, 2.45) is 0 Å². The molecule has 0 radical (unpaired) electrons. The van der Waals surface area contributed by atoms with Gasteiger partial charge in [-0.1, -0.05) is 32.9 Å². The molecule has 2 aromatic carbocycles. The predicted octanol–water partition coefficient (Wildman–Crippen LogP) is 4.62. The molecule has 3 aromatic rings. The Hall–Kier alpha value is -2.82. The van der Waals surface area contributed by atoms with Crippen LogP contribution < -0.4 is 9.47 Å². The van der Waals surface area contributed by atoms with Crippen molar-refractivity contribution in [3.8, 4) is 23.0 Å². The van der Waals surface area contributed by atoms with Crippen LogP contribution in [-0.2, 0) is 12.0 Å². The molecule has 130 valence electrons. The lowest BCUT2D eigenvalue weighted by Gasteiger charge is -2.19. The summed E-state index contributed by atoms with van der Waals surface area (Å²) in [6.07, 6.45) is 0. The minimum absolute atomic E-state index is 0.0748. The van der Waals surface area contributed by atoms with E-state index in [1.807, 2.05) is 42.5 Å². The zero-order valence-corrected chi connectivity index (χ0v) is 14.9. The molecule has 5 heteroatoms. The molecule has 0 atom stereocenters. The first-order valence-electron chi connectivity index (χ1n) is 8.16. The van der Waals surface area contributed by atoms with Crippen LogP contribution in [-0.4, -0.2) is 17.3 Å². The maximum absolute atomic E-state index is 5.80. The molecule has 0 aliphatic heterocycles. The summed E-state index contributed by atoms with van der Waals surface area (Å²) >= 11 is 0. The van der Waals surface area contributed by atoms with Crippen LogP contribution in [0.2, 0.25) is 0 Å². The molecule has 1 heterocycles. The van der Waals surface area contributed by atoms with E-state index < -0.39 is 0 Å². The van der Waals surface area contributed by atoms with E-state index in [9.17, 15) is 0 Å². The molecule has 0 aliphatic carbocycles. The number of rotatable bonds is 5. The lowest BCUT2D eigenvalue weighted by atomic mass is 9.87. The molecule has 0 bridgehead atoms. The predicted molar refractivity (Wildman–Crippen MR) is 95.8 cm³/mol. The molecule has 0 amide bonds. The van der Waals surface area contributed by atoms with E-state index in [1.165, 1.54) is 5.56 Å². The highest BCUT2D eigenvalue weighted by atomic mass is 16.5. The smallest absolute Gasteiger partial charge is 0.254 e. The average molecular weight is 338 g/mol. The molecule has 5 nitrogen and oxygen atoms in total. The summed E-state index contributed by atoms with van der Waals surface area (Å²) in [7, 11) is 1.63. The van der Waals surface area contributed by atoms with E-state index in [0.29, 0.717) is 11.8 Å². The van der Waals surface area contributed by atoms with Gasteiger partial charge in [-0.15, -0.1) is 10.2 Å². The minimum Gasteiger partial charge on any atom is -0.497 e. The molecule has 3 rings (SSSR count). The summed E-state index contributed by atoms with van der Waals surface area (Å²) in [5.41, 5.74) is 2.13. The Kier molecular flexibility index (Phi) is 4.74. The highest BCUT2D eigenvalue weighted by Crippen LogP contribution is 2.26. The van der Waals surface area contributed by atoms with Crippen LogP contribution in [0.3, 0.4) is 0 Å². The van der Waals surface area contributed by atoms with Crippen LogP contribution in [0.1, 0.15) is 32.2 Å². The van der Waals surface area contributed by atoms with Crippen molar-refractivity contribution in [3.05, 3.63) is 60.0 Å². The van der Waals surface area contributed by atoms with Gasteiger partial charge in [0.2, 0.25) is 5.89 Å². The molecule has 0 saturated carbocycles. The van der Waals surface area contributed by atoms with Crippen molar-refractivity contribution in [1.29, 1.82) is 0 Å². The van der Waals surface area contributed by atoms with Crippen LogP contribution in [0.5, 0.6) is 11.5 Å². The molecule has 0 N–H and O–H groups in total.